The number of nitrogens with two attached hydrogens (primary N) is 1. The topological polar surface area (TPSA) is 29.3 Å². The van der Waals surface area contributed by atoms with Gasteiger partial charge in [-0.05, 0) is 12.0 Å². The molecule has 0 aliphatic carbocycles. The fourth-order valence-corrected chi connectivity index (χ4v) is 0.770. The molecule has 0 aromatic carbocycles. The van der Waals surface area contributed by atoms with Crippen molar-refractivity contribution in [3.63, 3.8) is 0 Å². The Hall–Kier alpha value is -0.760. The molecule has 0 aromatic heterocycles. The zero-order chi connectivity index (χ0) is 7.98. The molecule has 2 N–H and O–H groups in total. The van der Waals surface area contributed by atoms with Crippen molar-refractivity contribution < 1.29 is 0 Å². The van der Waals surface area contributed by atoms with Crippen molar-refractivity contribution >= 4 is 0 Å². The van der Waals surface area contributed by atoms with Gasteiger partial charge in [0.05, 0.1) is 0 Å². The largest absolute Gasteiger partial charge is 0.321 e. The van der Waals surface area contributed by atoms with Gasteiger partial charge in [0.15, 0.2) is 0 Å². The Kier molecular flexibility index (Phi) is 4.67. The number of rotatable bonds is 4. The zero-order valence-corrected chi connectivity index (χ0v) is 6.80. The van der Waals surface area contributed by atoms with Gasteiger partial charge in [0.1, 0.15) is 0 Å². The molecule has 0 fully saturated rings. The fourth-order valence-electron chi connectivity index (χ4n) is 0.770. The molecule has 2 heteroatoms. The second-order valence-corrected chi connectivity index (χ2v) is 2.32. The summed E-state index contributed by atoms with van der Waals surface area (Å²) in [5.41, 5.74) is 1.19. The maximum absolute atomic E-state index is 5.41. The maximum Gasteiger partial charge on any atom is 0.0223 e. The van der Waals surface area contributed by atoms with E-state index in [-0.39, 0.29) is 0 Å². The Balaban J connectivity index is 3.90. The summed E-state index contributed by atoms with van der Waals surface area (Å²) < 4.78 is 0. The van der Waals surface area contributed by atoms with Crippen LogP contribution in [0.5, 0.6) is 0 Å². The van der Waals surface area contributed by atoms with Crippen LogP contribution in [0, 0.1) is 0 Å². The van der Waals surface area contributed by atoms with Gasteiger partial charge in [-0.25, -0.2) is 5.84 Å². The Morgan fingerprint density at radius 2 is 2.30 bits per heavy atom. The first kappa shape index (κ1) is 9.24. The molecule has 58 valence electrons. The molecule has 0 rings (SSSR count). The molecule has 0 aliphatic heterocycles. The van der Waals surface area contributed by atoms with Gasteiger partial charge in [0.25, 0.3) is 0 Å². The molecule has 0 radical (unpaired) electrons. The summed E-state index contributed by atoms with van der Waals surface area (Å²) in [5, 5.41) is 1.55. The van der Waals surface area contributed by atoms with Gasteiger partial charge in [-0.3, -0.25) is 0 Å². The molecule has 0 spiro atoms. The summed E-state index contributed by atoms with van der Waals surface area (Å²) in [6, 6.07) is 0. The van der Waals surface area contributed by atoms with Crippen LogP contribution in [0.2, 0.25) is 0 Å². The van der Waals surface area contributed by atoms with Crippen molar-refractivity contribution in [1.29, 1.82) is 0 Å². The number of nitrogens with zero attached hydrogens (tertiary/aromatic N) is 1. The van der Waals surface area contributed by atoms with E-state index in [0.29, 0.717) is 0 Å². The summed E-state index contributed by atoms with van der Waals surface area (Å²) in [5.74, 6) is 5.41. The minimum absolute atomic E-state index is 1.05. The standard InChI is InChI=1S/C8H16N2/c1-4-6-8(5-2)7-10(3)9/h5,7H,2,4,6,9H2,1,3H3/b8-7+. The lowest BCUT2D eigenvalue weighted by Gasteiger charge is -2.06. The van der Waals surface area contributed by atoms with E-state index in [9.17, 15) is 0 Å². The summed E-state index contributed by atoms with van der Waals surface area (Å²) in [7, 11) is 1.80. The summed E-state index contributed by atoms with van der Waals surface area (Å²) in [6.45, 7) is 5.81. The number of allylic oxidation sites excluding steroid dienone is 2. The van der Waals surface area contributed by atoms with E-state index < -0.39 is 0 Å². The Bertz CT molecular complexity index is 125. The first-order chi connectivity index (χ1) is 4.70. The molecule has 0 saturated carbocycles. The molecule has 0 aliphatic rings. The van der Waals surface area contributed by atoms with Crippen LogP contribution in [0.25, 0.3) is 0 Å². The molecule has 0 atom stereocenters. The SMILES string of the molecule is C=C/C(=C\N(C)N)CCC. The zero-order valence-electron chi connectivity index (χ0n) is 6.80. The smallest absolute Gasteiger partial charge is 0.0223 e. The maximum atomic E-state index is 5.41. The first-order valence-corrected chi connectivity index (χ1v) is 3.51. The minimum atomic E-state index is 1.05. The second kappa shape index (κ2) is 5.06. The summed E-state index contributed by atoms with van der Waals surface area (Å²) in [6.07, 6.45) is 5.90. The van der Waals surface area contributed by atoms with E-state index in [1.54, 1.807) is 12.1 Å². The first-order valence-electron chi connectivity index (χ1n) is 3.51. The molecule has 0 bridgehead atoms. The van der Waals surface area contributed by atoms with Crippen molar-refractivity contribution in [2.24, 2.45) is 5.84 Å². The summed E-state index contributed by atoms with van der Waals surface area (Å²) in [4.78, 5) is 0. The fraction of sp³-hybridized carbons (Fsp3) is 0.500. The van der Waals surface area contributed by atoms with Gasteiger partial charge in [-0.15, -0.1) is 0 Å². The van der Waals surface area contributed by atoms with Gasteiger partial charge in [-0.2, -0.15) is 0 Å². The van der Waals surface area contributed by atoms with Crippen molar-refractivity contribution in [3.8, 4) is 0 Å². The van der Waals surface area contributed by atoms with Gasteiger partial charge in [-0.1, -0.05) is 26.0 Å². The predicted molar refractivity (Wildman–Crippen MR) is 45.1 cm³/mol. The summed E-state index contributed by atoms with van der Waals surface area (Å²) >= 11 is 0. The van der Waals surface area contributed by atoms with Gasteiger partial charge in [0, 0.05) is 13.2 Å². The van der Waals surface area contributed by atoms with E-state index in [0.717, 1.165) is 12.8 Å². The Morgan fingerprint density at radius 1 is 1.70 bits per heavy atom. The second-order valence-electron chi connectivity index (χ2n) is 2.32. The van der Waals surface area contributed by atoms with Gasteiger partial charge in [0.2, 0.25) is 0 Å². The highest BCUT2D eigenvalue weighted by Crippen LogP contribution is 2.04. The van der Waals surface area contributed by atoms with Crippen LogP contribution in [0.1, 0.15) is 19.8 Å². The molecular formula is C8H16N2. The average Bonchev–Trinajstić information content (AvgIpc) is 1.86. The van der Waals surface area contributed by atoms with Crippen LogP contribution in [0.4, 0.5) is 0 Å². The van der Waals surface area contributed by atoms with Crippen LogP contribution in [0.3, 0.4) is 0 Å². The van der Waals surface area contributed by atoms with E-state index in [1.165, 1.54) is 5.57 Å². The highest BCUT2D eigenvalue weighted by atomic mass is 15.4. The molecule has 0 aromatic rings. The quantitative estimate of drug-likeness (QED) is 0.365. The lowest BCUT2D eigenvalue weighted by molar-refractivity contribution is 0.479. The molecule has 2 nitrogen and oxygen atoms in total. The van der Waals surface area contributed by atoms with Crippen molar-refractivity contribution in [1.82, 2.24) is 5.01 Å². The van der Waals surface area contributed by atoms with Crippen LogP contribution in [-0.4, -0.2) is 12.1 Å². The third-order valence-corrected chi connectivity index (χ3v) is 1.17. The molecule has 0 amide bonds. The van der Waals surface area contributed by atoms with E-state index in [2.05, 4.69) is 13.5 Å². The molecule has 10 heavy (non-hydrogen) atoms. The highest BCUT2D eigenvalue weighted by Gasteiger charge is 1.89. The third kappa shape index (κ3) is 4.15. The van der Waals surface area contributed by atoms with E-state index >= 15 is 0 Å². The molecular weight excluding hydrogens is 124 g/mol. The van der Waals surface area contributed by atoms with Crippen LogP contribution < -0.4 is 5.84 Å². The van der Waals surface area contributed by atoms with Crippen LogP contribution >= 0.6 is 0 Å². The van der Waals surface area contributed by atoms with Crippen molar-refractivity contribution in [2.75, 3.05) is 7.05 Å². The minimum Gasteiger partial charge on any atom is -0.321 e. The van der Waals surface area contributed by atoms with Crippen molar-refractivity contribution in [2.45, 2.75) is 19.8 Å². The predicted octanol–water partition coefficient (Wildman–Crippen LogP) is 1.66. The number of hydrogen-bond acceptors (Lipinski definition) is 2. The normalized spacial score (nSPS) is 11.3. The lowest BCUT2D eigenvalue weighted by atomic mass is 10.2. The molecule has 0 saturated heterocycles. The average molecular weight is 140 g/mol. The number of hydrogen-bond donors (Lipinski definition) is 1. The molecule has 0 unspecified atom stereocenters. The van der Waals surface area contributed by atoms with Crippen LogP contribution in [0.15, 0.2) is 24.4 Å². The van der Waals surface area contributed by atoms with Gasteiger partial charge < -0.3 is 5.01 Å². The van der Waals surface area contributed by atoms with E-state index in [1.807, 2.05) is 12.3 Å². The third-order valence-electron chi connectivity index (χ3n) is 1.17. The lowest BCUT2D eigenvalue weighted by Crippen LogP contribution is -2.19. The molecule has 0 heterocycles. The monoisotopic (exact) mass is 140 g/mol. The van der Waals surface area contributed by atoms with Crippen molar-refractivity contribution in [3.05, 3.63) is 24.4 Å². The van der Waals surface area contributed by atoms with Crippen LogP contribution in [-0.2, 0) is 0 Å². The van der Waals surface area contributed by atoms with E-state index in [4.69, 9.17) is 5.84 Å². The number of hydrazine groups is 1. The Labute approximate surface area is 63.0 Å². The van der Waals surface area contributed by atoms with Gasteiger partial charge >= 0.3 is 0 Å². The Morgan fingerprint density at radius 3 is 2.60 bits per heavy atom. The highest BCUT2D eigenvalue weighted by molar-refractivity contribution is 5.14.